The van der Waals surface area contributed by atoms with Crippen molar-refractivity contribution in [2.24, 2.45) is 5.73 Å². The first-order valence-electron chi connectivity index (χ1n) is 6.74. The zero-order valence-corrected chi connectivity index (χ0v) is 12.1. The Kier molecular flexibility index (Phi) is 6.94. The van der Waals surface area contributed by atoms with Crippen molar-refractivity contribution < 1.29 is 9.59 Å². The first kappa shape index (κ1) is 17.0. The van der Waals surface area contributed by atoms with E-state index < -0.39 is 5.91 Å². The van der Waals surface area contributed by atoms with Gasteiger partial charge in [0.1, 0.15) is 0 Å². The van der Waals surface area contributed by atoms with Crippen molar-refractivity contribution in [3.05, 3.63) is 29.8 Å². The molecule has 7 nitrogen and oxygen atoms in total. The summed E-state index contributed by atoms with van der Waals surface area (Å²) in [6.45, 7) is 0.507. The molecule has 1 aromatic rings. The maximum atomic E-state index is 12.1. The fourth-order valence-corrected chi connectivity index (χ4v) is 1.87. The molecule has 1 rings (SSSR count). The first-order chi connectivity index (χ1) is 10.6. The molecule has 7 heteroatoms. The van der Waals surface area contributed by atoms with Gasteiger partial charge in [-0.25, -0.2) is 0 Å². The number of nitriles is 2. The number of anilines is 1. The standard InChI is InChI=1S/C15H17N5O2/c16-7-3-9-20(10-4-8-17)14(21)11-19-13-6-2-1-5-12(13)15(18)22/h1-2,5-6,19H,3-4,9-11H2,(H2,18,22). The highest BCUT2D eigenvalue weighted by atomic mass is 16.2. The number of hydrogen-bond acceptors (Lipinski definition) is 5. The van der Waals surface area contributed by atoms with Gasteiger partial charge in [0.25, 0.3) is 5.91 Å². The topological polar surface area (TPSA) is 123 Å². The maximum absolute atomic E-state index is 12.1. The molecule has 0 saturated carbocycles. The van der Waals surface area contributed by atoms with E-state index in [1.165, 1.54) is 4.90 Å². The molecule has 0 saturated heterocycles. The van der Waals surface area contributed by atoms with E-state index in [1.54, 1.807) is 24.3 Å². The molecule has 22 heavy (non-hydrogen) atoms. The molecule has 114 valence electrons. The molecular weight excluding hydrogens is 282 g/mol. The van der Waals surface area contributed by atoms with Gasteiger partial charge in [-0.2, -0.15) is 10.5 Å². The quantitative estimate of drug-likeness (QED) is 0.736. The minimum absolute atomic E-state index is 0.0405. The van der Waals surface area contributed by atoms with Crippen LogP contribution in [-0.2, 0) is 4.79 Å². The third kappa shape index (κ3) is 5.14. The van der Waals surface area contributed by atoms with Gasteiger partial charge in [-0.15, -0.1) is 0 Å². The lowest BCUT2D eigenvalue weighted by Gasteiger charge is -2.21. The third-order valence-electron chi connectivity index (χ3n) is 2.96. The Hall–Kier alpha value is -3.06. The number of nitrogens with one attached hydrogen (secondary N) is 1. The van der Waals surface area contributed by atoms with Crippen LogP contribution < -0.4 is 11.1 Å². The van der Waals surface area contributed by atoms with Crippen LogP contribution >= 0.6 is 0 Å². The van der Waals surface area contributed by atoms with Crippen molar-refractivity contribution in [1.82, 2.24) is 4.90 Å². The van der Waals surface area contributed by atoms with Gasteiger partial charge in [-0.05, 0) is 12.1 Å². The fourth-order valence-electron chi connectivity index (χ4n) is 1.87. The van der Waals surface area contributed by atoms with Crippen LogP contribution in [0.25, 0.3) is 0 Å². The Labute approximate surface area is 128 Å². The largest absolute Gasteiger partial charge is 0.376 e. The van der Waals surface area contributed by atoms with E-state index in [0.29, 0.717) is 11.3 Å². The van der Waals surface area contributed by atoms with Gasteiger partial charge in [0.15, 0.2) is 0 Å². The zero-order valence-electron chi connectivity index (χ0n) is 12.1. The van der Waals surface area contributed by atoms with E-state index in [2.05, 4.69) is 5.32 Å². The van der Waals surface area contributed by atoms with Gasteiger partial charge in [-0.3, -0.25) is 9.59 Å². The van der Waals surface area contributed by atoms with Crippen molar-refractivity contribution in [1.29, 1.82) is 10.5 Å². The number of para-hydroxylation sites is 1. The number of nitrogens with zero attached hydrogens (tertiary/aromatic N) is 3. The SMILES string of the molecule is N#CCCN(CCC#N)C(=O)CNc1ccccc1C(N)=O. The summed E-state index contributed by atoms with van der Waals surface area (Å²) in [4.78, 5) is 24.9. The summed E-state index contributed by atoms with van der Waals surface area (Å²) in [5.41, 5.74) is 6.04. The molecule has 0 unspecified atom stereocenters. The molecular formula is C15H17N5O2. The van der Waals surface area contributed by atoms with Crippen LogP contribution in [0.3, 0.4) is 0 Å². The van der Waals surface area contributed by atoms with E-state index in [0.717, 1.165) is 0 Å². The number of benzene rings is 1. The van der Waals surface area contributed by atoms with Crippen molar-refractivity contribution in [2.75, 3.05) is 25.0 Å². The Bertz CT molecular complexity index is 597. The van der Waals surface area contributed by atoms with E-state index in [9.17, 15) is 9.59 Å². The molecule has 0 aliphatic heterocycles. The molecule has 0 fully saturated rings. The zero-order chi connectivity index (χ0) is 16.4. The molecule has 0 bridgehead atoms. The monoisotopic (exact) mass is 299 g/mol. The predicted octanol–water partition coefficient (Wildman–Crippen LogP) is 0.853. The highest BCUT2D eigenvalue weighted by Crippen LogP contribution is 2.13. The molecule has 0 heterocycles. The maximum Gasteiger partial charge on any atom is 0.250 e. The van der Waals surface area contributed by atoms with Crippen LogP contribution in [0.1, 0.15) is 23.2 Å². The first-order valence-corrected chi connectivity index (χ1v) is 6.74. The lowest BCUT2D eigenvalue weighted by atomic mass is 10.1. The molecule has 3 N–H and O–H groups in total. The minimum atomic E-state index is -0.582. The summed E-state index contributed by atoms with van der Waals surface area (Å²) in [6.07, 6.45) is 0.407. The number of hydrogen-bond donors (Lipinski definition) is 2. The second kappa shape index (κ2) is 8.98. The van der Waals surface area contributed by atoms with Crippen LogP contribution in [0.4, 0.5) is 5.69 Å². The fraction of sp³-hybridized carbons (Fsp3) is 0.333. The second-order valence-corrected chi connectivity index (χ2v) is 4.46. The number of amides is 2. The molecule has 0 atom stereocenters. The number of nitrogens with two attached hydrogens (primary N) is 1. The van der Waals surface area contributed by atoms with Gasteiger partial charge in [0, 0.05) is 18.8 Å². The summed E-state index contributed by atoms with van der Waals surface area (Å²) in [5.74, 6) is -0.828. The van der Waals surface area contributed by atoms with Crippen LogP contribution in [0.15, 0.2) is 24.3 Å². The lowest BCUT2D eigenvalue weighted by Crippen LogP contribution is -2.37. The Morgan fingerprint density at radius 2 is 1.73 bits per heavy atom. The summed E-state index contributed by atoms with van der Waals surface area (Å²) >= 11 is 0. The Morgan fingerprint density at radius 1 is 1.14 bits per heavy atom. The smallest absolute Gasteiger partial charge is 0.250 e. The number of rotatable bonds is 8. The van der Waals surface area contributed by atoms with E-state index in [4.69, 9.17) is 16.3 Å². The number of carbonyl (C=O) groups is 2. The molecule has 0 aromatic heterocycles. The average molecular weight is 299 g/mol. The minimum Gasteiger partial charge on any atom is -0.376 e. The van der Waals surface area contributed by atoms with Gasteiger partial charge >= 0.3 is 0 Å². The van der Waals surface area contributed by atoms with Crippen LogP contribution in [-0.4, -0.2) is 36.3 Å². The summed E-state index contributed by atoms with van der Waals surface area (Å²) in [6, 6.07) is 10.6. The van der Waals surface area contributed by atoms with Crippen molar-refractivity contribution in [3.8, 4) is 12.1 Å². The van der Waals surface area contributed by atoms with Crippen molar-refractivity contribution in [2.45, 2.75) is 12.8 Å². The Morgan fingerprint density at radius 3 is 2.27 bits per heavy atom. The van der Waals surface area contributed by atoms with Gasteiger partial charge < -0.3 is 16.0 Å². The molecule has 0 aliphatic rings. The normalized spacial score (nSPS) is 9.36. The molecule has 0 spiro atoms. The van der Waals surface area contributed by atoms with Crippen molar-refractivity contribution in [3.63, 3.8) is 0 Å². The van der Waals surface area contributed by atoms with E-state index in [-0.39, 0.29) is 38.4 Å². The number of primary amides is 1. The highest BCUT2D eigenvalue weighted by Gasteiger charge is 2.14. The predicted molar refractivity (Wildman–Crippen MR) is 80.5 cm³/mol. The average Bonchev–Trinajstić information content (AvgIpc) is 2.53. The highest BCUT2D eigenvalue weighted by molar-refractivity contribution is 5.99. The second-order valence-electron chi connectivity index (χ2n) is 4.46. The molecule has 1 aromatic carbocycles. The van der Waals surface area contributed by atoms with Gasteiger partial charge in [-0.1, -0.05) is 12.1 Å². The van der Waals surface area contributed by atoms with Crippen LogP contribution in [0.2, 0.25) is 0 Å². The lowest BCUT2D eigenvalue weighted by molar-refractivity contribution is -0.129. The van der Waals surface area contributed by atoms with E-state index in [1.807, 2.05) is 12.1 Å². The van der Waals surface area contributed by atoms with Crippen LogP contribution in [0, 0.1) is 22.7 Å². The summed E-state index contributed by atoms with van der Waals surface area (Å²) < 4.78 is 0. The molecule has 0 aliphatic carbocycles. The third-order valence-corrected chi connectivity index (χ3v) is 2.96. The van der Waals surface area contributed by atoms with Gasteiger partial charge in [0.05, 0.1) is 37.1 Å². The van der Waals surface area contributed by atoms with E-state index >= 15 is 0 Å². The summed E-state index contributed by atoms with van der Waals surface area (Å²) in [5, 5.41) is 20.1. The molecule has 2 amide bonds. The van der Waals surface area contributed by atoms with Crippen molar-refractivity contribution >= 4 is 17.5 Å². The van der Waals surface area contributed by atoms with Crippen LogP contribution in [0.5, 0.6) is 0 Å². The summed E-state index contributed by atoms with van der Waals surface area (Å²) in [7, 11) is 0. The van der Waals surface area contributed by atoms with Gasteiger partial charge in [0.2, 0.25) is 5.91 Å². The molecule has 0 radical (unpaired) electrons. The Balaban J connectivity index is 2.68. The number of carbonyl (C=O) groups excluding carboxylic acids is 2.